The molecule has 10 heteroatoms. The average Bonchev–Trinajstić information content (AvgIpc) is 2.94. The third kappa shape index (κ3) is 5.73. The number of carbonyl (C=O) groups excluding carboxylic acids is 2. The molecule has 1 aromatic carbocycles. The quantitative estimate of drug-likeness (QED) is 0.383. The highest BCUT2D eigenvalue weighted by atomic mass is 127. The molecule has 192 valence electrons. The SMILES string of the molecule is CNC(=O)c1cc(C2=IC=CC(c3cc(NC(=O)c4ccnc(C(C)(C)C#N)c4)c(F)cc3C)=N2)ccn1. The highest BCUT2D eigenvalue weighted by molar-refractivity contribution is 14.2. The van der Waals surface area contributed by atoms with Crippen LogP contribution in [-0.2, 0) is 5.41 Å². The van der Waals surface area contributed by atoms with E-state index in [4.69, 9.17) is 4.99 Å². The maximum Gasteiger partial charge on any atom is 0.269 e. The number of hydrogen-bond acceptors (Lipinski definition) is 6. The number of aryl methyl sites for hydroxylation is 1. The minimum Gasteiger partial charge on any atom is -0.354 e. The van der Waals surface area contributed by atoms with E-state index in [0.717, 1.165) is 9.20 Å². The molecule has 2 aromatic heterocycles. The van der Waals surface area contributed by atoms with E-state index in [-0.39, 0.29) is 17.2 Å². The molecule has 38 heavy (non-hydrogen) atoms. The van der Waals surface area contributed by atoms with Gasteiger partial charge in [0.15, 0.2) is 0 Å². The molecule has 2 N–H and O–H groups in total. The van der Waals surface area contributed by atoms with Gasteiger partial charge in [0.2, 0.25) is 0 Å². The van der Waals surface area contributed by atoms with Crippen LogP contribution in [0.15, 0.2) is 63.9 Å². The Kier molecular flexibility index (Phi) is 7.87. The number of pyridine rings is 2. The highest BCUT2D eigenvalue weighted by Crippen LogP contribution is 2.26. The number of allylic oxidation sites excluding steroid dienone is 1. The Bertz CT molecular complexity index is 1590. The van der Waals surface area contributed by atoms with Gasteiger partial charge in [0, 0.05) is 36.1 Å². The first-order chi connectivity index (χ1) is 18.1. The topological polar surface area (TPSA) is 120 Å². The van der Waals surface area contributed by atoms with E-state index in [0.29, 0.717) is 28.2 Å². The van der Waals surface area contributed by atoms with E-state index in [1.165, 1.54) is 24.4 Å². The molecule has 0 saturated heterocycles. The summed E-state index contributed by atoms with van der Waals surface area (Å²) in [4.78, 5) is 38.1. The van der Waals surface area contributed by atoms with Crippen molar-refractivity contribution in [3.63, 3.8) is 0 Å². The molecule has 1 aliphatic rings. The summed E-state index contributed by atoms with van der Waals surface area (Å²) in [5.41, 5.74) is 2.89. The van der Waals surface area contributed by atoms with Crippen molar-refractivity contribution < 1.29 is 14.0 Å². The number of amides is 2. The molecule has 3 heterocycles. The van der Waals surface area contributed by atoms with Crippen molar-refractivity contribution in [3.8, 4) is 6.07 Å². The van der Waals surface area contributed by atoms with Crippen LogP contribution >= 0.6 is 20.7 Å². The predicted molar refractivity (Wildman–Crippen MR) is 153 cm³/mol. The van der Waals surface area contributed by atoms with Gasteiger partial charge in [-0.1, -0.05) is 20.7 Å². The number of hydrogen-bond donors (Lipinski definition) is 2. The summed E-state index contributed by atoms with van der Waals surface area (Å²) in [7, 11) is 1.55. The van der Waals surface area contributed by atoms with Crippen molar-refractivity contribution in [1.82, 2.24) is 15.3 Å². The van der Waals surface area contributed by atoms with Crippen molar-refractivity contribution in [2.45, 2.75) is 26.2 Å². The lowest BCUT2D eigenvalue weighted by Gasteiger charge is -2.16. The first-order valence-electron chi connectivity index (χ1n) is 11.6. The van der Waals surface area contributed by atoms with Gasteiger partial charge in [-0.2, -0.15) is 5.26 Å². The lowest BCUT2D eigenvalue weighted by atomic mass is 9.90. The standard InChI is InChI=1S/C28H24FIN6O2/c1-16-11-20(29)22(36-26(37)18-7-10-34-24(13-18)28(2,3)15-31)14-19(16)21-5-8-30-25(35-21)17-6-9-33-23(12-17)27(38)32-4/h5-14H,1-4H3,(H,32,38)(H,36,37). The lowest BCUT2D eigenvalue weighted by molar-refractivity contribution is 0.0957. The van der Waals surface area contributed by atoms with Gasteiger partial charge >= 0.3 is 0 Å². The van der Waals surface area contributed by atoms with Crippen LogP contribution in [0.1, 0.15) is 57.1 Å². The molecule has 0 aliphatic carbocycles. The van der Waals surface area contributed by atoms with Gasteiger partial charge in [-0.3, -0.25) is 19.6 Å². The number of rotatable bonds is 6. The number of nitrogens with one attached hydrogen (secondary N) is 2. The highest BCUT2D eigenvalue weighted by Gasteiger charge is 2.23. The van der Waals surface area contributed by atoms with Gasteiger partial charge < -0.3 is 10.6 Å². The van der Waals surface area contributed by atoms with E-state index in [1.54, 1.807) is 46.1 Å². The molecule has 4 rings (SSSR count). The Balaban J connectivity index is 1.65. The number of benzene rings is 1. The third-order valence-corrected chi connectivity index (χ3v) is 8.02. The number of nitrogens with zero attached hydrogens (tertiary/aromatic N) is 4. The molecule has 0 spiro atoms. The van der Waals surface area contributed by atoms with Crippen molar-refractivity contribution >= 4 is 47.6 Å². The van der Waals surface area contributed by atoms with Crippen LogP contribution < -0.4 is 10.6 Å². The third-order valence-electron chi connectivity index (χ3n) is 5.84. The Morgan fingerprint density at radius 1 is 1.08 bits per heavy atom. The molecule has 0 atom stereocenters. The Morgan fingerprint density at radius 2 is 1.84 bits per heavy atom. The molecular weight excluding hydrogens is 598 g/mol. The molecule has 8 nitrogen and oxygen atoms in total. The predicted octanol–water partition coefficient (Wildman–Crippen LogP) is 4.80. The molecule has 0 saturated carbocycles. The summed E-state index contributed by atoms with van der Waals surface area (Å²) < 4.78 is 17.8. The minimum atomic E-state index is -0.878. The number of nitriles is 1. The van der Waals surface area contributed by atoms with Gasteiger partial charge in [-0.15, -0.1) is 0 Å². The van der Waals surface area contributed by atoms with Gasteiger partial charge in [0.05, 0.1) is 28.6 Å². The van der Waals surface area contributed by atoms with E-state index in [9.17, 15) is 19.2 Å². The molecule has 2 amide bonds. The van der Waals surface area contributed by atoms with Crippen LogP contribution in [0.5, 0.6) is 0 Å². The van der Waals surface area contributed by atoms with Crippen LogP contribution in [-0.4, -0.2) is 38.2 Å². The van der Waals surface area contributed by atoms with E-state index in [1.807, 2.05) is 16.2 Å². The fraction of sp³-hybridized carbons (Fsp3) is 0.179. The molecule has 1 aliphatic heterocycles. The van der Waals surface area contributed by atoms with Gasteiger partial charge in [0.1, 0.15) is 15.1 Å². The molecule has 3 aromatic rings. The maximum atomic E-state index is 14.9. The molecule has 0 radical (unpaired) electrons. The van der Waals surface area contributed by atoms with Crippen molar-refractivity contribution in [2.75, 3.05) is 12.4 Å². The second-order valence-electron chi connectivity index (χ2n) is 8.97. The monoisotopic (exact) mass is 622 g/mol. The molecular formula is C28H24FIN6O2. The zero-order chi connectivity index (χ0) is 27.4. The van der Waals surface area contributed by atoms with Gasteiger partial charge in [-0.05, 0) is 72.9 Å². The Morgan fingerprint density at radius 3 is 2.58 bits per heavy atom. The fourth-order valence-electron chi connectivity index (χ4n) is 3.62. The summed E-state index contributed by atoms with van der Waals surface area (Å²) in [5.74, 6) is -1.38. The van der Waals surface area contributed by atoms with E-state index < -0.39 is 37.9 Å². The second-order valence-corrected chi connectivity index (χ2v) is 11.3. The van der Waals surface area contributed by atoms with Crippen molar-refractivity contribution in [1.29, 1.82) is 5.26 Å². The van der Waals surface area contributed by atoms with Crippen LogP contribution in [0.4, 0.5) is 10.1 Å². The zero-order valence-electron chi connectivity index (χ0n) is 21.1. The van der Waals surface area contributed by atoms with Crippen LogP contribution in [0.3, 0.4) is 0 Å². The van der Waals surface area contributed by atoms with E-state index in [2.05, 4.69) is 26.7 Å². The lowest BCUT2D eigenvalue weighted by Crippen LogP contribution is -2.19. The number of aromatic nitrogens is 2. The number of aliphatic imine (C=N–C) groups is 1. The fourth-order valence-corrected chi connectivity index (χ4v) is 5.57. The maximum absolute atomic E-state index is 14.9. The van der Waals surface area contributed by atoms with Crippen LogP contribution in [0.25, 0.3) is 0 Å². The molecule has 0 bridgehead atoms. The van der Waals surface area contributed by atoms with Crippen LogP contribution in [0.2, 0.25) is 0 Å². The Hall–Kier alpha value is -4.11. The first kappa shape index (κ1) is 26.9. The summed E-state index contributed by atoms with van der Waals surface area (Å²) in [6.07, 6.45) is 4.92. The van der Waals surface area contributed by atoms with Gasteiger partial charge in [0.25, 0.3) is 11.8 Å². The van der Waals surface area contributed by atoms with Crippen molar-refractivity contribution in [2.24, 2.45) is 4.99 Å². The zero-order valence-corrected chi connectivity index (χ0v) is 23.3. The summed E-state index contributed by atoms with van der Waals surface area (Å²) >= 11 is -0.554. The largest absolute Gasteiger partial charge is 0.354 e. The Labute approximate surface area is 229 Å². The minimum absolute atomic E-state index is 0.0113. The van der Waals surface area contributed by atoms with Crippen LogP contribution in [0, 0.1) is 24.1 Å². The normalized spacial score (nSPS) is 12.9. The number of anilines is 1. The smallest absolute Gasteiger partial charge is 0.269 e. The summed E-state index contributed by atoms with van der Waals surface area (Å²) in [6, 6.07) is 11.6. The molecule has 0 unspecified atom stereocenters. The van der Waals surface area contributed by atoms with E-state index >= 15 is 0 Å². The summed E-state index contributed by atoms with van der Waals surface area (Å²) in [5, 5.41) is 14.6. The van der Waals surface area contributed by atoms with Gasteiger partial charge in [-0.25, -0.2) is 9.38 Å². The first-order valence-corrected chi connectivity index (χ1v) is 13.9. The number of carbonyl (C=O) groups is 2. The summed E-state index contributed by atoms with van der Waals surface area (Å²) in [6.45, 7) is 5.19. The van der Waals surface area contributed by atoms with Crippen molar-refractivity contribution in [3.05, 3.63) is 98.4 Å². The molecule has 0 fully saturated rings. The average molecular weight is 622 g/mol. The number of halogens is 2. The second kappa shape index (κ2) is 11.1.